The fourth-order valence-corrected chi connectivity index (χ4v) is 2.99. The van der Waals surface area contributed by atoms with Crippen molar-refractivity contribution in [2.24, 2.45) is 5.92 Å². The van der Waals surface area contributed by atoms with Gasteiger partial charge < -0.3 is 10.6 Å². The Hall–Kier alpha value is -1.25. The van der Waals surface area contributed by atoms with Crippen LogP contribution in [-0.4, -0.2) is 22.8 Å². The Bertz CT molecular complexity index is 553. The first-order valence-electron chi connectivity index (χ1n) is 6.84. The fourth-order valence-electron chi connectivity index (χ4n) is 2.56. The predicted molar refractivity (Wildman–Crippen MR) is 85.1 cm³/mol. The summed E-state index contributed by atoms with van der Waals surface area (Å²) >= 11 is 1.85. The lowest BCUT2D eigenvalue weighted by atomic mass is 9.85. The van der Waals surface area contributed by atoms with Crippen LogP contribution >= 0.6 is 22.6 Å². The van der Waals surface area contributed by atoms with Gasteiger partial charge in [0, 0.05) is 18.9 Å². The van der Waals surface area contributed by atoms with Crippen LogP contribution in [0.4, 0.5) is 10.2 Å². The number of nitrogens with zero attached hydrogens (tertiary/aromatic N) is 1. The number of nitrogens with one attached hydrogen (secondary N) is 2. The molecule has 2 atom stereocenters. The van der Waals surface area contributed by atoms with E-state index >= 15 is 0 Å². The summed E-state index contributed by atoms with van der Waals surface area (Å²) in [7, 11) is 0. The number of anilines is 1. The van der Waals surface area contributed by atoms with Gasteiger partial charge in [0.05, 0.1) is 9.77 Å². The van der Waals surface area contributed by atoms with Crippen LogP contribution in [0.3, 0.4) is 0 Å². The summed E-state index contributed by atoms with van der Waals surface area (Å²) in [6.07, 6.45) is 4.32. The summed E-state index contributed by atoms with van der Waals surface area (Å²) in [5.74, 6) is -0.402. The van der Waals surface area contributed by atoms with Gasteiger partial charge >= 0.3 is 0 Å². The number of carbonyl (C=O) groups excluding carboxylic acids is 2. The van der Waals surface area contributed by atoms with Crippen molar-refractivity contribution >= 4 is 40.2 Å². The van der Waals surface area contributed by atoms with Crippen molar-refractivity contribution < 1.29 is 14.0 Å². The third kappa shape index (κ3) is 4.62. The standard InChI is InChI=1S/C14H17FIN3O2/c1-8(20)18-10-4-2-3-9(5-10)14(21)19-13-6-12(16)11(15)7-17-13/h6-7,9-10H,2-5H2,1H3,(H,18,20)(H,17,19,21)/t9-,10+/m0/s1. The summed E-state index contributed by atoms with van der Waals surface area (Å²) in [6.45, 7) is 1.48. The first kappa shape index (κ1) is 16.1. The summed E-state index contributed by atoms with van der Waals surface area (Å²) in [5, 5.41) is 5.58. The number of aromatic nitrogens is 1. The molecule has 0 bridgehead atoms. The number of pyridine rings is 1. The Labute approximate surface area is 136 Å². The van der Waals surface area contributed by atoms with E-state index in [1.165, 1.54) is 13.0 Å². The van der Waals surface area contributed by atoms with Crippen LogP contribution in [-0.2, 0) is 9.59 Å². The summed E-state index contributed by atoms with van der Waals surface area (Å²) in [4.78, 5) is 27.2. The number of halogens is 2. The van der Waals surface area contributed by atoms with Crippen molar-refractivity contribution in [2.75, 3.05) is 5.32 Å². The largest absolute Gasteiger partial charge is 0.354 e. The lowest BCUT2D eigenvalue weighted by Gasteiger charge is -2.28. The third-order valence-electron chi connectivity index (χ3n) is 3.51. The van der Waals surface area contributed by atoms with Gasteiger partial charge in [-0.3, -0.25) is 9.59 Å². The SMILES string of the molecule is CC(=O)N[C@@H]1CCC[C@H](C(=O)Nc2cc(I)c(F)cn2)C1. The third-order valence-corrected chi connectivity index (χ3v) is 4.34. The van der Waals surface area contributed by atoms with Crippen LogP contribution in [0.2, 0.25) is 0 Å². The molecule has 1 saturated carbocycles. The second-order valence-electron chi connectivity index (χ2n) is 5.23. The molecule has 7 heteroatoms. The van der Waals surface area contributed by atoms with E-state index in [0.29, 0.717) is 15.8 Å². The van der Waals surface area contributed by atoms with Crippen molar-refractivity contribution in [1.29, 1.82) is 0 Å². The maximum atomic E-state index is 13.1. The molecule has 0 saturated heterocycles. The first-order valence-corrected chi connectivity index (χ1v) is 7.92. The minimum Gasteiger partial charge on any atom is -0.354 e. The lowest BCUT2D eigenvalue weighted by Crippen LogP contribution is -2.40. The van der Waals surface area contributed by atoms with Crippen LogP contribution in [0, 0.1) is 15.3 Å². The zero-order valence-corrected chi connectivity index (χ0v) is 13.8. The van der Waals surface area contributed by atoms with Crippen LogP contribution in [0.25, 0.3) is 0 Å². The minimum absolute atomic E-state index is 0.0494. The Morgan fingerprint density at radius 1 is 1.43 bits per heavy atom. The van der Waals surface area contributed by atoms with Crippen LogP contribution in [0.15, 0.2) is 12.3 Å². The van der Waals surface area contributed by atoms with Gasteiger partial charge in [-0.2, -0.15) is 0 Å². The Morgan fingerprint density at radius 2 is 2.19 bits per heavy atom. The molecule has 0 unspecified atom stereocenters. The summed E-state index contributed by atoms with van der Waals surface area (Å²) in [6, 6.07) is 1.55. The Kier molecular flexibility index (Phi) is 5.49. The molecule has 0 aromatic carbocycles. The zero-order chi connectivity index (χ0) is 15.4. The molecule has 1 heterocycles. The zero-order valence-electron chi connectivity index (χ0n) is 11.7. The highest BCUT2D eigenvalue weighted by atomic mass is 127. The van der Waals surface area contributed by atoms with E-state index in [2.05, 4.69) is 15.6 Å². The van der Waals surface area contributed by atoms with E-state index in [0.717, 1.165) is 25.5 Å². The van der Waals surface area contributed by atoms with Gasteiger partial charge in [0.15, 0.2) is 5.82 Å². The fraction of sp³-hybridized carbons (Fsp3) is 0.500. The van der Waals surface area contributed by atoms with E-state index in [4.69, 9.17) is 0 Å². The van der Waals surface area contributed by atoms with Gasteiger partial charge in [-0.1, -0.05) is 6.42 Å². The Morgan fingerprint density at radius 3 is 2.86 bits per heavy atom. The second-order valence-corrected chi connectivity index (χ2v) is 6.40. The smallest absolute Gasteiger partial charge is 0.228 e. The summed E-state index contributed by atoms with van der Waals surface area (Å²) < 4.78 is 13.6. The van der Waals surface area contributed by atoms with Crippen molar-refractivity contribution in [3.05, 3.63) is 21.7 Å². The van der Waals surface area contributed by atoms with Crippen LogP contribution < -0.4 is 10.6 Å². The number of hydrogen-bond acceptors (Lipinski definition) is 3. The molecule has 5 nitrogen and oxygen atoms in total. The van der Waals surface area contributed by atoms with Crippen LogP contribution in [0.1, 0.15) is 32.6 Å². The van der Waals surface area contributed by atoms with E-state index < -0.39 is 5.82 Å². The molecule has 114 valence electrons. The molecule has 1 aromatic rings. The maximum absolute atomic E-state index is 13.1. The molecule has 2 amide bonds. The molecule has 0 spiro atoms. The molecule has 1 aliphatic rings. The quantitative estimate of drug-likeness (QED) is 0.760. The molecule has 0 radical (unpaired) electrons. The van der Waals surface area contributed by atoms with Gasteiger partial charge in [-0.15, -0.1) is 0 Å². The van der Waals surface area contributed by atoms with Gasteiger partial charge in [0.2, 0.25) is 11.8 Å². The van der Waals surface area contributed by atoms with Gasteiger partial charge in [-0.05, 0) is 47.9 Å². The second kappa shape index (κ2) is 7.15. The highest BCUT2D eigenvalue weighted by Gasteiger charge is 2.27. The normalized spacial score (nSPS) is 21.7. The molecule has 1 fully saturated rings. The summed E-state index contributed by atoms with van der Waals surface area (Å²) in [5.41, 5.74) is 0. The predicted octanol–water partition coefficient (Wildman–Crippen LogP) is 2.46. The van der Waals surface area contributed by atoms with Gasteiger partial charge in [0.25, 0.3) is 0 Å². The van der Waals surface area contributed by atoms with E-state index in [1.807, 2.05) is 22.6 Å². The number of amides is 2. The molecular weight excluding hydrogens is 388 g/mol. The van der Waals surface area contributed by atoms with Gasteiger partial charge in [0.1, 0.15) is 5.82 Å². The minimum atomic E-state index is -0.406. The average Bonchev–Trinajstić information content (AvgIpc) is 2.42. The molecule has 1 aliphatic carbocycles. The maximum Gasteiger partial charge on any atom is 0.228 e. The average molecular weight is 405 g/mol. The lowest BCUT2D eigenvalue weighted by molar-refractivity contribution is -0.123. The molecular formula is C14H17FIN3O2. The van der Waals surface area contributed by atoms with Crippen molar-refractivity contribution in [2.45, 2.75) is 38.6 Å². The molecule has 21 heavy (non-hydrogen) atoms. The monoisotopic (exact) mass is 405 g/mol. The number of carbonyl (C=O) groups is 2. The van der Waals surface area contributed by atoms with Gasteiger partial charge in [-0.25, -0.2) is 9.37 Å². The molecule has 1 aromatic heterocycles. The van der Waals surface area contributed by atoms with Crippen molar-refractivity contribution in [3.8, 4) is 0 Å². The Balaban J connectivity index is 1.96. The highest BCUT2D eigenvalue weighted by molar-refractivity contribution is 14.1. The van der Waals surface area contributed by atoms with Crippen molar-refractivity contribution in [1.82, 2.24) is 10.3 Å². The molecule has 2 N–H and O–H groups in total. The van der Waals surface area contributed by atoms with E-state index in [9.17, 15) is 14.0 Å². The van der Waals surface area contributed by atoms with Crippen molar-refractivity contribution in [3.63, 3.8) is 0 Å². The first-order chi connectivity index (χ1) is 9.95. The highest BCUT2D eigenvalue weighted by Crippen LogP contribution is 2.25. The number of rotatable bonds is 3. The molecule has 0 aliphatic heterocycles. The van der Waals surface area contributed by atoms with Crippen LogP contribution in [0.5, 0.6) is 0 Å². The van der Waals surface area contributed by atoms with E-state index in [-0.39, 0.29) is 23.8 Å². The van der Waals surface area contributed by atoms with E-state index in [1.54, 1.807) is 0 Å². The number of hydrogen-bond donors (Lipinski definition) is 2. The molecule has 2 rings (SSSR count). The topological polar surface area (TPSA) is 71.1 Å².